The molecule has 1 amide bonds. The third-order valence-corrected chi connectivity index (χ3v) is 1.18. The predicted octanol–water partition coefficient (Wildman–Crippen LogP) is 1.80. The van der Waals surface area contributed by atoms with Crippen LogP contribution in [0.4, 0.5) is 0 Å². The Hall–Kier alpha value is -0.530. The fourth-order valence-electron chi connectivity index (χ4n) is 0.633. The van der Waals surface area contributed by atoms with Crippen LogP contribution in [0, 0.1) is 5.92 Å². The van der Waals surface area contributed by atoms with Gasteiger partial charge in [-0.05, 0) is 12.3 Å². The SMILES string of the molecule is CCCC(=O)NCC(C)C.[HH]. The van der Waals surface area contributed by atoms with Gasteiger partial charge >= 0.3 is 0 Å². The standard InChI is InChI=1S/C8H17NO.H2/c1-4-5-8(10)9-6-7(2)3;/h7H,4-6H2,1-3H3,(H,9,10);1H. The molecule has 2 heteroatoms. The molecule has 0 aliphatic rings. The average molecular weight is 145 g/mol. The van der Waals surface area contributed by atoms with Crippen LogP contribution >= 0.6 is 0 Å². The van der Waals surface area contributed by atoms with Crippen LogP contribution in [0.3, 0.4) is 0 Å². The Morgan fingerprint density at radius 3 is 2.60 bits per heavy atom. The molecule has 0 spiro atoms. The number of amides is 1. The maximum atomic E-state index is 10.8. The van der Waals surface area contributed by atoms with E-state index in [9.17, 15) is 4.79 Å². The van der Waals surface area contributed by atoms with E-state index in [-0.39, 0.29) is 7.33 Å². The highest BCUT2D eigenvalue weighted by atomic mass is 16.1. The highest BCUT2D eigenvalue weighted by Crippen LogP contribution is 1.89. The molecule has 0 atom stereocenters. The number of carbonyl (C=O) groups is 1. The zero-order chi connectivity index (χ0) is 7.98. The molecule has 62 valence electrons. The lowest BCUT2D eigenvalue weighted by molar-refractivity contribution is -0.121. The molecule has 0 aromatic rings. The average Bonchev–Trinajstić information content (AvgIpc) is 1.85. The molecule has 0 aliphatic carbocycles. The lowest BCUT2D eigenvalue weighted by Gasteiger charge is -2.05. The second-order valence-electron chi connectivity index (χ2n) is 2.95. The first kappa shape index (κ1) is 9.47. The minimum atomic E-state index is 0. The molecule has 0 saturated heterocycles. The predicted molar refractivity (Wildman–Crippen MR) is 44.9 cm³/mol. The molecule has 0 rings (SSSR count). The van der Waals surface area contributed by atoms with E-state index in [0.29, 0.717) is 12.3 Å². The van der Waals surface area contributed by atoms with Gasteiger partial charge in [0.25, 0.3) is 0 Å². The molecule has 0 aliphatic heterocycles. The minimum absolute atomic E-state index is 0. The van der Waals surface area contributed by atoms with Crippen LogP contribution in [-0.4, -0.2) is 12.5 Å². The second-order valence-corrected chi connectivity index (χ2v) is 2.95. The Morgan fingerprint density at radius 1 is 1.60 bits per heavy atom. The summed E-state index contributed by atoms with van der Waals surface area (Å²) >= 11 is 0. The van der Waals surface area contributed by atoms with Crippen molar-refractivity contribution in [1.82, 2.24) is 5.32 Å². The van der Waals surface area contributed by atoms with Crippen molar-refractivity contribution in [2.45, 2.75) is 33.6 Å². The molecule has 0 fully saturated rings. The highest BCUT2D eigenvalue weighted by molar-refractivity contribution is 5.75. The number of hydrogen-bond acceptors (Lipinski definition) is 1. The van der Waals surface area contributed by atoms with Gasteiger partial charge in [-0.25, -0.2) is 0 Å². The molecule has 1 N–H and O–H groups in total. The summed E-state index contributed by atoms with van der Waals surface area (Å²) in [5.74, 6) is 0.733. The van der Waals surface area contributed by atoms with Gasteiger partial charge in [-0.1, -0.05) is 20.8 Å². The van der Waals surface area contributed by atoms with Crippen molar-refractivity contribution in [2.24, 2.45) is 5.92 Å². The van der Waals surface area contributed by atoms with E-state index in [0.717, 1.165) is 13.0 Å². The summed E-state index contributed by atoms with van der Waals surface area (Å²) in [6, 6.07) is 0. The third-order valence-electron chi connectivity index (χ3n) is 1.18. The molecule has 10 heavy (non-hydrogen) atoms. The van der Waals surface area contributed by atoms with Gasteiger partial charge in [-0.3, -0.25) is 4.79 Å². The zero-order valence-electron chi connectivity index (χ0n) is 7.11. The van der Waals surface area contributed by atoms with Crippen LogP contribution in [0.25, 0.3) is 0 Å². The first-order valence-corrected chi connectivity index (χ1v) is 3.93. The zero-order valence-corrected chi connectivity index (χ0v) is 7.11. The molecular formula is C8H19NO. The van der Waals surface area contributed by atoms with E-state index < -0.39 is 0 Å². The molecule has 2 nitrogen and oxygen atoms in total. The molecule has 0 heterocycles. The molecule has 0 aromatic heterocycles. The Labute approximate surface area is 64.5 Å². The summed E-state index contributed by atoms with van der Waals surface area (Å²) in [5, 5.41) is 2.84. The van der Waals surface area contributed by atoms with Gasteiger partial charge in [0.1, 0.15) is 0 Å². The largest absolute Gasteiger partial charge is 0.356 e. The van der Waals surface area contributed by atoms with Gasteiger partial charge in [-0.2, -0.15) is 0 Å². The fourth-order valence-corrected chi connectivity index (χ4v) is 0.633. The summed E-state index contributed by atoms with van der Waals surface area (Å²) < 4.78 is 0. The van der Waals surface area contributed by atoms with E-state index in [4.69, 9.17) is 0 Å². The number of carbonyl (C=O) groups excluding carboxylic acids is 1. The van der Waals surface area contributed by atoms with Gasteiger partial charge in [0.05, 0.1) is 0 Å². The van der Waals surface area contributed by atoms with E-state index >= 15 is 0 Å². The Balaban J connectivity index is 0. The van der Waals surface area contributed by atoms with Crippen molar-refractivity contribution in [2.75, 3.05) is 6.54 Å². The van der Waals surface area contributed by atoms with Gasteiger partial charge in [0.15, 0.2) is 0 Å². The Bertz CT molecular complexity index is 104. The highest BCUT2D eigenvalue weighted by Gasteiger charge is 1.98. The third kappa shape index (κ3) is 5.60. The van der Waals surface area contributed by atoms with Crippen LogP contribution in [0.2, 0.25) is 0 Å². The summed E-state index contributed by atoms with van der Waals surface area (Å²) in [6.45, 7) is 6.99. The second kappa shape index (κ2) is 5.27. The van der Waals surface area contributed by atoms with Crippen LogP contribution in [0.1, 0.15) is 35.0 Å². The quantitative estimate of drug-likeness (QED) is 0.642. The van der Waals surface area contributed by atoms with E-state index in [2.05, 4.69) is 19.2 Å². The molecule has 0 saturated carbocycles. The number of rotatable bonds is 4. The minimum Gasteiger partial charge on any atom is -0.356 e. The van der Waals surface area contributed by atoms with Crippen LogP contribution in [0.5, 0.6) is 0 Å². The van der Waals surface area contributed by atoms with Gasteiger partial charge in [0.2, 0.25) is 5.91 Å². The summed E-state index contributed by atoms with van der Waals surface area (Å²) in [4.78, 5) is 10.8. The number of hydrogen-bond donors (Lipinski definition) is 1. The monoisotopic (exact) mass is 145 g/mol. The van der Waals surface area contributed by atoms with Crippen molar-refractivity contribution in [3.63, 3.8) is 0 Å². The van der Waals surface area contributed by atoms with E-state index in [1.54, 1.807) is 0 Å². The molecule has 0 aromatic carbocycles. The molecule has 0 bridgehead atoms. The Kier molecular flexibility index (Phi) is 4.99. The molecule has 0 radical (unpaired) electrons. The Morgan fingerprint density at radius 2 is 2.20 bits per heavy atom. The lowest BCUT2D eigenvalue weighted by atomic mass is 10.2. The normalized spacial score (nSPS) is 10.0. The topological polar surface area (TPSA) is 29.1 Å². The van der Waals surface area contributed by atoms with Crippen LogP contribution in [-0.2, 0) is 4.79 Å². The van der Waals surface area contributed by atoms with E-state index in [1.807, 2.05) is 6.92 Å². The van der Waals surface area contributed by atoms with Gasteiger partial charge in [0, 0.05) is 14.4 Å². The number of nitrogens with one attached hydrogen (secondary N) is 1. The van der Waals surface area contributed by atoms with Crippen molar-refractivity contribution in [3.05, 3.63) is 0 Å². The summed E-state index contributed by atoms with van der Waals surface area (Å²) in [5.41, 5.74) is 0. The smallest absolute Gasteiger partial charge is 0.219 e. The van der Waals surface area contributed by atoms with Crippen LogP contribution in [0.15, 0.2) is 0 Å². The van der Waals surface area contributed by atoms with Crippen molar-refractivity contribution in [1.29, 1.82) is 0 Å². The molecular weight excluding hydrogens is 126 g/mol. The van der Waals surface area contributed by atoms with Crippen molar-refractivity contribution < 1.29 is 6.22 Å². The van der Waals surface area contributed by atoms with Crippen LogP contribution < -0.4 is 5.32 Å². The first-order valence-electron chi connectivity index (χ1n) is 3.93. The fraction of sp³-hybridized carbons (Fsp3) is 0.875. The maximum absolute atomic E-state index is 10.8. The van der Waals surface area contributed by atoms with Crippen molar-refractivity contribution in [3.8, 4) is 0 Å². The molecule has 0 unspecified atom stereocenters. The van der Waals surface area contributed by atoms with E-state index in [1.165, 1.54) is 0 Å². The lowest BCUT2D eigenvalue weighted by Crippen LogP contribution is -2.26. The maximum Gasteiger partial charge on any atom is 0.219 e. The summed E-state index contributed by atoms with van der Waals surface area (Å²) in [6.07, 6.45) is 1.59. The van der Waals surface area contributed by atoms with Gasteiger partial charge < -0.3 is 5.32 Å². The summed E-state index contributed by atoms with van der Waals surface area (Å²) in [7, 11) is 0. The first-order chi connectivity index (χ1) is 4.66. The van der Waals surface area contributed by atoms with Crippen molar-refractivity contribution >= 4 is 5.91 Å². The van der Waals surface area contributed by atoms with Gasteiger partial charge in [-0.15, -0.1) is 0 Å².